The van der Waals surface area contributed by atoms with E-state index in [1.165, 1.54) is 31.2 Å². The van der Waals surface area contributed by atoms with Crippen LogP contribution in [0.4, 0.5) is 0 Å². The van der Waals surface area contributed by atoms with E-state index in [4.69, 9.17) is 5.73 Å². The lowest BCUT2D eigenvalue weighted by molar-refractivity contribution is -0.0511. The Hall–Kier alpha value is -1.59. The maximum absolute atomic E-state index is 13.2. The summed E-state index contributed by atoms with van der Waals surface area (Å²) in [5, 5.41) is 0. The number of rotatable bonds is 3. The standard InChI is InChI=1S/C25H31N3O.2ClH/c26-14-18-6-4-9-21(12-18)25(29)27-15-19-13-22(17-27)24-11-5-10-23(28(24)16-19)20-7-2-1-3-8-20;;/h1-4,6-9,12,19,22-24H,5,10-11,13-17,26H2;2*1H/t19-,22+,23+,24-;;/m0../s1. The lowest BCUT2D eigenvalue weighted by Gasteiger charge is -2.55. The largest absolute Gasteiger partial charge is 0.338 e. The van der Waals surface area contributed by atoms with Crippen LogP contribution in [-0.4, -0.2) is 41.4 Å². The van der Waals surface area contributed by atoms with Gasteiger partial charge >= 0.3 is 0 Å². The van der Waals surface area contributed by atoms with Gasteiger partial charge in [-0.25, -0.2) is 0 Å². The van der Waals surface area contributed by atoms with Crippen molar-refractivity contribution >= 4 is 30.7 Å². The predicted molar refractivity (Wildman–Crippen MR) is 130 cm³/mol. The third kappa shape index (κ3) is 4.78. The Balaban J connectivity index is 0.00000136. The molecule has 2 aromatic carbocycles. The van der Waals surface area contributed by atoms with E-state index in [0.717, 1.165) is 30.8 Å². The summed E-state index contributed by atoms with van der Waals surface area (Å²) in [5.74, 6) is 1.35. The molecular formula is C25H33Cl2N3O. The van der Waals surface area contributed by atoms with Crippen molar-refractivity contribution in [1.29, 1.82) is 0 Å². The molecule has 168 valence electrons. The molecule has 2 N–H and O–H groups in total. The van der Waals surface area contributed by atoms with Crippen LogP contribution >= 0.6 is 24.8 Å². The highest BCUT2D eigenvalue weighted by atomic mass is 35.5. The van der Waals surface area contributed by atoms with Crippen LogP contribution in [0.1, 0.15) is 53.2 Å². The first-order chi connectivity index (χ1) is 14.2. The SMILES string of the molecule is Cl.Cl.NCc1cccc(C(=O)N2C[C@@H]3C[C@H](C2)[C@@H]2CCC[C@H](c4ccccc4)N2C3)c1. The van der Waals surface area contributed by atoms with Crippen molar-refractivity contribution in [3.05, 3.63) is 71.3 Å². The van der Waals surface area contributed by atoms with Crippen LogP contribution in [0.2, 0.25) is 0 Å². The number of carbonyl (C=O) groups excluding carboxylic acids is 1. The fraction of sp³-hybridized carbons (Fsp3) is 0.480. The first-order valence-corrected chi connectivity index (χ1v) is 11.1. The fourth-order valence-electron chi connectivity index (χ4n) is 6.02. The minimum atomic E-state index is 0. The Morgan fingerprint density at radius 1 is 0.968 bits per heavy atom. The van der Waals surface area contributed by atoms with Gasteiger partial charge < -0.3 is 10.6 Å². The Bertz CT molecular complexity index is 878. The highest BCUT2D eigenvalue weighted by Crippen LogP contribution is 2.44. The molecule has 4 nitrogen and oxygen atoms in total. The number of halogens is 2. The van der Waals surface area contributed by atoms with Crippen molar-refractivity contribution < 1.29 is 4.79 Å². The minimum Gasteiger partial charge on any atom is -0.338 e. The quantitative estimate of drug-likeness (QED) is 0.721. The van der Waals surface area contributed by atoms with Crippen molar-refractivity contribution in [2.75, 3.05) is 19.6 Å². The summed E-state index contributed by atoms with van der Waals surface area (Å²) in [5.41, 5.74) is 9.05. The summed E-state index contributed by atoms with van der Waals surface area (Å²) in [4.78, 5) is 18.1. The normalized spacial score (nSPS) is 27.5. The van der Waals surface area contributed by atoms with Gasteiger partial charge in [0.2, 0.25) is 0 Å². The maximum atomic E-state index is 13.2. The summed E-state index contributed by atoms with van der Waals surface area (Å²) in [7, 11) is 0. The van der Waals surface area contributed by atoms with Crippen LogP contribution < -0.4 is 5.73 Å². The van der Waals surface area contributed by atoms with Crippen molar-refractivity contribution in [3.8, 4) is 0 Å². The van der Waals surface area contributed by atoms with Crippen LogP contribution in [0.5, 0.6) is 0 Å². The Kier molecular flexibility index (Phi) is 8.03. The smallest absolute Gasteiger partial charge is 0.253 e. The Morgan fingerprint density at radius 3 is 2.55 bits per heavy atom. The van der Waals surface area contributed by atoms with E-state index in [-0.39, 0.29) is 30.7 Å². The second-order valence-electron chi connectivity index (χ2n) is 9.10. The van der Waals surface area contributed by atoms with Crippen molar-refractivity contribution in [1.82, 2.24) is 9.80 Å². The fourth-order valence-corrected chi connectivity index (χ4v) is 6.02. The summed E-state index contributed by atoms with van der Waals surface area (Å²) >= 11 is 0. The zero-order valence-electron chi connectivity index (χ0n) is 17.9. The molecule has 0 spiro atoms. The van der Waals surface area contributed by atoms with Gasteiger partial charge in [-0.3, -0.25) is 9.69 Å². The lowest BCUT2D eigenvalue weighted by atomic mass is 9.74. The van der Waals surface area contributed by atoms with E-state index in [9.17, 15) is 4.79 Å². The third-order valence-electron chi connectivity index (χ3n) is 7.27. The molecule has 0 radical (unpaired) electrons. The van der Waals surface area contributed by atoms with Crippen LogP contribution in [0, 0.1) is 11.8 Å². The monoisotopic (exact) mass is 461 g/mol. The molecule has 31 heavy (non-hydrogen) atoms. The van der Waals surface area contributed by atoms with Crippen molar-refractivity contribution in [2.45, 2.75) is 44.3 Å². The average molecular weight is 462 g/mol. The molecule has 0 saturated carbocycles. The third-order valence-corrected chi connectivity index (χ3v) is 7.27. The summed E-state index contributed by atoms with van der Waals surface area (Å²) in [6, 6.07) is 20.0. The molecule has 6 heteroatoms. The highest BCUT2D eigenvalue weighted by Gasteiger charge is 2.45. The van der Waals surface area contributed by atoms with Gasteiger partial charge in [0, 0.05) is 43.8 Å². The molecule has 3 aliphatic rings. The second kappa shape index (κ2) is 10.4. The molecule has 1 amide bonds. The van der Waals surface area contributed by atoms with E-state index < -0.39 is 0 Å². The number of hydrogen-bond donors (Lipinski definition) is 1. The van der Waals surface area contributed by atoms with Crippen LogP contribution in [0.25, 0.3) is 0 Å². The van der Waals surface area contributed by atoms with Gasteiger partial charge in [-0.2, -0.15) is 0 Å². The molecule has 3 fully saturated rings. The van der Waals surface area contributed by atoms with Crippen LogP contribution in [-0.2, 0) is 6.54 Å². The number of nitrogens with zero attached hydrogens (tertiary/aromatic N) is 2. The van der Waals surface area contributed by atoms with Gasteiger partial charge in [0.05, 0.1) is 0 Å². The molecule has 4 atom stereocenters. The van der Waals surface area contributed by atoms with Gasteiger partial charge in [-0.1, -0.05) is 42.5 Å². The minimum absolute atomic E-state index is 0. The zero-order chi connectivity index (χ0) is 19.8. The highest BCUT2D eigenvalue weighted by molar-refractivity contribution is 5.94. The molecule has 0 aromatic heterocycles. The van der Waals surface area contributed by atoms with Gasteiger partial charge in [0.1, 0.15) is 0 Å². The van der Waals surface area contributed by atoms with E-state index in [1.54, 1.807) is 0 Å². The number of benzene rings is 2. The van der Waals surface area contributed by atoms with Crippen LogP contribution in [0.3, 0.4) is 0 Å². The van der Waals surface area contributed by atoms with Gasteiger partial charge in [0.25, 0.3) is 5.91 Å². The number of hydrogen-bond acceptors (Lipinski definition) is 3. The second-order valence-corrected chi connectivity index (χ2v) is 9.10. The lowest BCUT2D eigenvalue weighted by Crippen LogP contribution is -2.60. The number of amides is 1. The van der Waals surface area contributed by atoms with E-state index >= 15 is 0 Å². The van der Waals surface area contributed by atoms with Gasteiger partial charge in [-0.05, 0) is 60.8 Å². The summed E-state index contributed by atoms with van der Waals surface area (Å²) in [6.07, 6.45) is 5.09. The average Bonchev–Trinajstić information content (AvgIpc) is 2.78. The summed E-state index contributed by atoms with van der Waals surface area (Å²) in [6.45, 7) is 3.37. The number of likely N-dealkylation sites (tertiary alicyclic amines) is 1. The molecule has 0 unspecified atom stereocenters. The zero-order valence-corrected chi connectivity index (χ0v) is 19.5. The topological polar surface area (TPSA) is 49.6 Å². The molecule has 0 aliphatic carbocycles. The van der Waals surface area contributed by atoms with E-state index in [1.807, 2.05) is 24.3 Å². The van der Waals surface area contributed by atoms with E-state index in [0.29, 0.717) is 30.5 Å². The molecule has 3 saturated heterocycles. The molecule has 3 heterocycles. The predicted octanol–water partition coefficient (Wildman–Crippen LogP) is 4.68. The van der Waals surface area contributed by atoms with Gasteiger partial charge in [0.15, 0.2) is 0 Å². The Labute approximate surface area is 198 Å². The molecule has 2 bridgehead atoms. The number of piperidine rings is 3. The molecule has 2 aromatic rings. The molecule has 5 rings (SSSR count). The van der Waals surface area contributed by atoms with Crippen molar-refractivity contribution in [2.24, 2.45) is 17.6 Å². The first kappa shape index (κ1) is 24.1. The molecule has 3 aliphatic heterocycles. The van der Waals surface area contributed by atoms with Gasteiger partial charge in [-0.15, -0.1) is 24.8 Å². The maximum Gasteiger partial charge on any atom is 0.253 e. The van der Waals surface area contributed by atoms with E-state index in [2.05, 4.69) is 40.1 Å². The number of fused-ring (bicyclic) bond motifs is 4. The van der Waals surface area contributed by atoms with Crippen LogP contribution in [0.15, 0.2) is 54.6 Å². The first-order valence-electron chi connectivity index (χ1n) is 11.1. The number of nitrogens with two attached hydrogens (primary N) is 1. The molecular weight excluding hydrogens is 429 g/mol. The number of carbonyl (C=O) groups is 1. The Morgan fingerprint density at radius 2 is 1.77 bits per heavy atom. The van der Waals surface area contributed by atoms with Crippen molar-refractivity contribution in [3.63, 3.8) is 0 Å². The summed E-state index contributed by atoms with van der Waals surface area (Å²) < 4.78 is 0.